The van der Waals surface area contributed by atoms with E-state index in [2.05, 4.69) is 12.2 Å². The quantitative estimate of drug-likeness (QED) is 0.660. The number of carbonyl (C=O) groups is 1. The van der Waals surface area contributed by atoms with Crippen molar-refractivity contribution >= 4 is 5.97 Å². The van der Waals surface area contributed by atoms with E-state index in [-0.39, 0.29) is 17.9 Å². The molecular weight excluding hydrogens is 182 g/mol. The predicted molar refractivity (Wildman–Crippen MR) is 53.0 cm³/mol. The van der Waals surface area contributed by atoms with Crippen LogP contribution in [0.25, 0.3) is 0 Å². The number of hydrogen-bond acceptors (Lipinski definition) is 4. The number of carbonyl (C=O) groups excluding carboxylic acids is 1. The molecule has 1 saturated heterocycles. The van der Waals surface area contributed by atoms with Crippen LogP contribution in [0.4, 0.5) is 0 Å². The maximum Gasteiger partial charge on any atom is 0.312 e. The molecule has 0 aromatic carbocycles. The highest BCUT2D eigenvalue weighted by Crippen LogP contribution is 2.15. The van der Waals surface area contributed by atoms with Gasteiger partial charge in [-0.2, -0.15) is 0 Å². The van der Waals surface area contributed by atoms with Crippen LogP contribution in [0.2, 0.25) is 0 Å². The summed E-state index contributed by atoms with van der Waals surface area (Å²) in [4.78, 5) is 11.5. The lowest BCUT2D eigenvalue weighted by Gasteiger charge is -2.16. The van der Waals surface area contributed by atoms with Gasteiger partial charge in [0.2, 0.25) is 0 Å². The molecule has 14 heavy (non-hydrogen) atoms. The first kappa shape index (κ1) is 11.5. The summed E-state index contributed by atoms with van der Waals surface area (Å²) >= 11 is 0. The molecule has 0 bridgehead atoms. The van der Waals surface area contributed by atoms with Gasteiger partial charge in [0.25, 0.3) is 0 Å². The predicted octanol–water partition coefficient (Wildman–Crippen LogP) is 0.564. The van der Waals surface area contributed by atoms with Crippen LogP contribution < -0.4 is 5.32 Å². The molecule has 0 radical (unpaired) electrons. The van der Waals surface area contributed by atoms with E-state index >= 15 is 0 Å². The topological polar surface area (TPSA) is 47.6 Å². The molecule has 1 aliphatic rings. The molecule has 4 nitrogen and oxygen atoms in total. The van der Waals surface area contributed by atoms with Crippen molar-refractivity contribution in [1.29, 1.82) is 0 Å². The van der Waals surface area contributed by atoms with E-state index in [1.54, 1.807) is 0 Å². The summed E-state index contributed by atoms with van der Waals surface area (Å²) < 4.78 is 10.2. The molecule has 0 spiro atoms. The molecule has 82 valence electrons. The Bertz CT molecular complexity index is 184. The zero-order valence-corrected chi connectivity index (χ0v) is 8.91. The van der Waals surface area contributed by atoms with E-state index in [0.29, 0.717) is 19.8 Å². The van der Waals surface area contributed by atoms with Gasteiger partial charge >= 0.3 is 5.97 Å². The molecule has 0 aliphatic carbocycles. The monoisotopic (exact) mass is 201 g/mol. The fourth-order valence-electron chi connectivity index (χ4n) is 1.57. The molecular formula is C10H19NO3. The molecule has 0 amide bonds. The van der Waals surface area contributed by atoms with Gasteiger partial charge in [0.05, 0.1) is 25.7 Å². The van der Waals surface area contributed by atoms with E-state index in [1.165, 1.54) is 0 Å². The number of rotatable bonds is 5. The van der Waals surface area contributed by atoms with Crippen LogP contribution in [-0.4, -0.2) is 38.4 Å². The van der Waals surface area contributed by atoms with Crippen molar-refractivity contribution in [2.75, 3.05) is 26.4 Å². The molecule has 1 rings (SSSR count). The van der Waals surface area contributed by atoms with E-state index in [0.717, 1.165) is 13.0 Å². The summed E-state index contributed by atoms with van der Waals surface area (Å²) in [5.41, 5.74) is 0. The fraction of sp³-hybridized carbons (Fsp3) is 0.900. The lowest BCUT2D eigenvalue weighted by molar-refractivity contribution is -0.148. The second-order valence-electron chi connectivity index (χ2n) is 3.46. The minimum Gasteiger partial charge on any atom is -0.466 e. The Labute approximate surface area is 85.0 Å². The number of nitrogens with one attached hydrogen (secondary N) is 1. The molecule has 0 aromatic rings. The number of ether oxygens (including phenoxy) is 2. The third-order valence-electron chi connectivity index (χ3n) is 2.33. The van der Waals surface area contributed by atoms with Crippen molar-refractivity contribution in [3.05, 3.63) is 0 Å². The van der Waals surface area contributed by atoms with Crippen molar-refractivity contribution < 1.29 is 14.3 Å². The summed E-state index contributed by atoms with van der Waals surface area (Å²) in [7, 11) is 0. The van der Waals surface area contributed by atoms with Crippen LogP contribution in [0, 0.1) is 5.92 Å². The third kappa shape index (κ3) is 2.96. The van der Waals surface area contributed by atoms with Crippen molar-refractivity contribution in [2.24, 2.45) is 5.92 Å². The highest BCUT2D eigenvalue weighted by Gasteiger charge is 2.34. The van der Waals surface area contributed by atoms with Gasteiger partial charge in [-0.25, -0.2) is 0 Å². The van der Waals surface area contributed by atoms with Gasteiger partial charge < -0.3 is 14.8 Å². The zero-order valence-electron chi connectivity index (χ0n) is 8.91. The first-order valence-electron chi connectivity index (χ1n) is 5.27. The van der Waals surface area contributed by atoms with Crippen LogP contribution in [0.15, 0.2) is 0 Å². The van der Waals surface area contributed by atoms with Gasteiger partial charge in [0.1, 0.15) is 0 Å². The Kier molecular flexibility index (Phi) is 4.90. The molecule has 1 heterocycles. The maximum absolute atomic E-state index is 11.5. The lowest BCUT2D eigenvalue weighted by atomic mass is 10.0. The second-order valence-corrected chi connectivity index (χ2v) is 3.46. The maximum atomic E-state index is 11.5. The average Bonchev–Trinajstić information content (AvgIpc) is 2.63. The molecule has 4 heteroatoms. The normalized spacial score (nSPS) is 26.4. The van der Waals surface area contributed by atoms with Crippen LogP contribution in [0.3, 0.4) is 0 Å². The second kappa shape index (κ2) is 5.98. The first-order valence-corrected chi connectivity index (χ1v) is 5.27. The molecule has 0 aromatic heterocycles. The van der Waals surface area contributed by atoms with Crippen molar-refractivity contribution in [3.8, 4) is 0 Å². The summed E-state index contributed by atoms with van der Waals surface area (Å²) in [5.74, 6) is -0.264. The van der Waals surface area contributed by atoms with E-state index < -0.39 is 0 Å². The van der Waals surface area contributed by atoms with Crippen molar-refractivity contribution in [2.45, 2.75) is 26.3 Å². The van der Waals surface area contributed by atoms with Crippen LogP contribution in [0.1, 0.15) is 20.3 Å². The minimum absolute atomic E-state index is 0.124. The Morgan fingerprint density at radius 2 is 2.29 bits per heavy atom. The summed E-state index contributed by atoms with van der Waals surface area (Å²) in [6.45, 7) is 6.38. The highest BCUT2D eigenvalue weighted by atomic mass is 16.5. The van der Waals surface area contributed by atoms with Gasteiger partial charge in [-0.05, 0) is 19.9 Å². The highest BCUT2D eigenvalue weighted by molar-refractivity contribution is 5.73. The molecule has 2 atom stereocenters. The van der Waals surface area contributed by atoms with Crippen molar-refractivity contribution in [3.63, 3.8) is 0 Å². The van der Waals surface area contributed by atoms with Gasteiger partial charge in [-0.15, -0.1) is 0 Å². The van der Waals surface area contributed by atoms with E-state index in [1.807, 2.05) is 6.92 Å². The number of esters is 1. The van der Waals surface area contributed by atoms with Gasteiger partial charge in [-0.3, -0.25) is 4.79 Å². The molecule has 1 aliphatic heterocycles. The van der Waals surface area contributed by atoms with Crippen molar-refractivity contribution in [1.82, 2.24) is 5.32 Å². The van der Waals surface area contributed by atoms with Gasteiger partial charge in [0, 0.05) is 6.04 Å². The number of hydrogen-bond donors (Lipinski definition) is 1. The van der Waals surface area contributed by atoms with E-state index in [9.17, 15) is 4.79 Å². The van der Waals surface area contributed by atoms with Gasteiger partial charge in [0.15, 0.2) is 0 Å². The fourth-order valence-corrected chi connectivity index (χ4v) is 1.57. The third-order valence-corrected chi connectivity index (χ3v) is 2.33. The first-order chi connectivity index (χ1) is 6.79. The Balaban J connectivity index is 2.38. The lowest BCUT2D eigenvalue weighted by Crippen LogP contribution is -2.40. The standard InChI is InChI=1S/C10H19NO3/c1-3-5-11-9-7-13-6-8(9)10(12)14-4-2/h8-9,11H,3-7H2,1-2H3. The summed E-state index contributed by atoms with van der Waals surface area (Å²) in [5, 5.41) is 3.29. The summed E-state index contributed by atoms with van der Waals surface area (Å²) in [6, 6.07) is 0.133. The van der Waals surface area contributed by atoms with Crippen LogP contribution in [0.5, 0.6) is 0 Å². The summed E-state index contributed by atoms with van der Waals surface area (Å²) in [6.07, 6.45) is 1.06. The Morgan fingerprint density at radius 1 is 1.50 bits per heavy atom. The minimum atomic E-state index is -0.140. The van der Waals surface area contributed by atoms with Crippen LogP contribution >= 0.6 is 0 Å². The van der Waals surface area contributed by atoms with Crippen LogP contribution in [-0.2, 0) is 14.3 Å². The Morgan fingerprint density at radius 3 is 2.93 bits per heavy atom. The smallest absolute Gasteiger partial charge is 0.312 e. The molecule has 0 saturated carbocycles. The molecule has 1 N–H and O–H groups in total. The zero-order chi connectivity index (χ0) is 10.4. The molecule has 1 fully saturated rings. The van der Waals surface area contributed by atoms with Gasteiger partial charge in [-0.1, -0.05) is 6.92 Å². The SMILES string of the molecule is CCCNC1COCC1C(=O)OCC. The molecule has 2 unspecified atom stereocenters. The largest absolute Gasteiger partial charge is 0.466 e. The van der Waals surface area contributed by atoms with E-state index in [4.69, 9.17) is 9.47 Å². The average molecular weight is 201 g/mol. The Hall–Kier alpha value is -0.610.